The lowest BCUT2D eigenvalue weighted by molar-refractivity contribution is 0.0570. The average molecular weight is 458 g/mol. The number of pyridine rings is 1. The third-order valence-electron chi connectivity index (χ3n) is 7.13. The fraction of sp³-hybridized carbons (Fsp3) is 0.609. The number of aromatic nitrogens is 4. The highest BCUT2D eigenvalue weighted by atomic mass is 32.2. The van der Waals surface area contributed by atoms with Crippen molar-refractivity contribution < 1.29 is 13.2 Å². The Morgan fingerprint density at radius 1 is 1.19 bits per heavy atom. The van der Waals surface area contributed by atoms with Gasteiger partial charge in [-0.15, -0.1) is 0 Å². The molecule has 0 radical (unpaired) electrons. The molecular formula is C23H31N5O3S. The predicted molar refractivity (Wildman–Crippen MR) is 124 cm³/mol. The van der Waals surface area contributed by atoms with Crippen molar-refractivity contribution in [3.8, 4) is 0 Å². The van der Waals surface area contributed by atoms with E-state index in [4.69, 9.17) is 9.72 Å². The second-order valence-corrected chi connectivity index (χ2v) is 11.3. The van der Waals surface area contributed by atoms with E-state index in [0.717, 1.165) is 72.0 Å². The number of aryl methyl sites for hydroxylation is 1. The number of piperidine rings is 1. The first-order valence-electron chi connectivity index (χ1n) is 11.6. The van der Waals surface area contributed by atoms with Crippen LogP contribution in [0.2, 0.25) is 0 Å². The van der Waals surface area contributed by atoms with Gasteiger partial charge in [-0.3, -0.25) is 0 Å². The van der Waals surface area contributed by atoms with Crippen LogP contribution >= 0.6 is 0 Å². The van der Waals surface area contributed by atoms with Crippen LogP contribution in [0.15, 0.2) is 18.5 Å². The number of ether oxygens (including phenoxy) is 1. The number of methoxy groups -OCH3 is 1. The molecule has 5 rings (SSSR count). The maximum Gasteiger partial charge on any atom is 0.214 e. The monoisotopic (exact) mass is 457 g/mol. The van der Waals surface area contributed by atoms with Crippen molar-refractivity contribution >= 4 is 32.0 Å². The van der Waals surface area contributed by atoms with Crippen molar-refractivity contribution in [2.24, 2.45) is 5.92 Å². The molecule has 3 aromatic heterocycles. The first-order valence-corrected chi connectivity index (χ1v) is 13.2. The largest absolute Gasteiger partial charge is 0.380 e. The Hall–Kier alpha value is -2.10. The van der Waals surface area contributed by atoms with Crippen LogP contribution in [0.25, 0.3) is 21.9 Å². The molecule has 0 spiro atoms. The number of fused-ring (bicyclic) bond motifs is 3. The van der Waals surface area contributed by atoms with Gasteiger partial charge in [-0.1, -0.05) is 0 Å². The molecular weight excluding hydrogens is 426 g/mol. The van der Waals surface area contributed by atoms with Crippen LogP contribution in [0.4, 0.5) is 0 Å². The quantitative estimate of drug-likeness (QED) is 0.629. The number of rotatable bonds is 5. The van der Waals surface area contributed by atoms with Crippen LogP contribution in [-0.4, -0.2) is 64.7 Å². The zero-order valence-corrected chi connectivity index (χ0v) is 19.6. The van der Waals surface area contributed by atoms with E-state index in [1.165, 1.54) is 0 Å². The van der Waals surface area contributed by atoms with E-state index in [2.05, 4.69) is 15.0 Å². The Bertz CT molecular complexity index is 1220. The molecule has 32 heavy (non-hydrogen) atoms. The fourth-order valence-electron chi connectivity index (χ4n) is 5.43. The number of nitrogens with zero attached hydrogens (tertiary/aromatic N) is 4. The minimum atomic E-state index is -3.26. The number of sulfonamides is 1. The average Bonchev–Trinajstić information content (AvgIpc) is 3.28. The van der Waals surface area contributed by atoms with E-state index >= 15 is 0 Å². The lowest BCUT2D eigenvalue weighted by atomic mass is 9.80. The maximum atomic E-state index is 13.0. The summed E-state index contributed by atoms with van der Waals surface area (Å²) < 4.78 is 33.1. The molecule has 0 bridgehead atoms. The van der Waals surface area contributed by atoms with Crippen LogP contribution < -0.4 is 0 Å². The van der Waals surface area contributed by atoms with Crippen LogP contribution in [0.1, 0.15) is 56.0 Å². The normalized spacial score (nSPS) is 25.5. The van der Waals surface area contributed by atoms with Crippen molar-refractivity contribution in [3.05, 3.63) is 30.0 Å². The highest BCUT2D eigenvalue weighted by molar-refractivity contribution is 7.89. The summed E-state index contributed by atoms with van der Waals surface area (Å²) >= 11 is 0. The summed E-state index contributed by atoms with van der Waals surface area (Å²) in [4.78, 5) is 17.1. The van der Waals surface area contributed by atoms with Crippen molar-refractivity contribution in [2.75, 3.05) is 26.0 Å². The zero-order valence-electron chi connectivity index (χ0n) is 18.7. The van der Waals surface area contributed by atoms with Crippen molar-refractivity contribution in [1.29, 1.82) is 0 Å². The highest BCUT2D eigenvalue weighted by Gasteiger charge is 2.33. The van der Waals surface area contributed by atoms with Gasteiger partial charge in [-0.25, -0.2) is 23.4 Å². The predicted octanol–water partition coefficient (Wildman–Crippen LogP) is 3.53. The summed E-state index contributed by atoms with van der Waals surface area (Å²) in [5, 5.41) is 2.14. The molecule has 2 fully saturated rings. The number of H-pyrrole nitrogens is 1. The molecule has 4 heterocycles. The first-order chi connectivity index (χ1) is 15.4. The molecule has 9 heteroatoms. The standard InChI is InChI=1S/C23H31N5O3S/c1-15-26-20-12-25-23-19(9-10-24-23)21(20)22(27-15)17-7-5-16(6-8-17)14-32(29,30)28-11-3-4-18(13-28)31-2/h9-10,12,16-18H,3-8,11,13-14H2,1-2H3,(H,24,25). The van der Waals surface area contributed by atoms with Gasteiger partial charge >= 0.3 is 0 Å². The minimum Gasteiger partial charge on any atom is -0.380 e. The maximum absolute atomic E-state index is 13.0. The summed E-state index contributed by atoms with van der Waals surface area (Å²) in [6, 6.07) is 2.04. The molecule has 1 saturated carbocycles. The Labute approximate surface area is 188 Å². The van der Waals surface area contributed by atoms with E-state index in [9.17, 15) is 8.42 Å². The smallest absolute Gasteiger partial charge is 0.214 e. The fourth-order valence-corrected chi connectivity index (χ4v) is 7.37. The SMILES string of the molecule is COC1CCCN(S(=O)(=O)CC2CCC(c3nc(C)nc4cnc5[nH]ccc5c34)CC2)C1. The molecule has 3 aromatic rings. The molecule has 8 nitrogen and oxygen atoms in total. The second-order valence-electron chi connectivity index (χ2n) is 9.27. The Morgan fingerprint density at radius 2 is 2.00 bits per heavy atom. The third kappa shape index (κ3) is 4.13. The van der Waals surface area contributed by atoms with Crippen molar-refractivity contribution in [1.82, 2.24) is 24.2 Å². The molecule has 0 aromatic carbocycles. The van der Waals surface area contributed by atoms with Gasteiger partial charge in [0.25, 0.3) is 0 Å². The lowest BCUT2D eigenvalue weighted by Gasteiger charge is -2.34. The molecule has 1 aliphatic heterocycles. The molecule has 1 atom stereocenters. The third-order valence-corrected chi connectivity index (χ3v) is 9.15. The topological polar surface area (TPSA) is 101 Å². The minimum absolute atomic E-state index is 0.0169. The second kappa shape index (κ2) is 8.68. The van der Waals surface area contributed by atoms with Crippen molar-refractivity contribution in [3.63, 3.8) is 0 Å². The van der Waals surface area contributed by atoms with E-state index in [1.807, 2.05) is 25.4 Å². The molecule has 1 N–H and O–H groups in total. The van der Waals surface area contributed by atoms with E-state index in [1.54, 1.807) is 11.4 Å². The van der Waals surface area contributed by atoms with Gasteiger partial charge in [0.15, 0.2) is 0 Å². The van der Waals surface area contributed by atoms with Crippen molar-refractivity contribution in [2.45, 2.75) is 57.5 Å². The Kier molecular flexibility index (Phi) is 5.90. The van der Waals surface area contributed by atoms with Crippen LogP contribution in [0, 0.1) is 12.8 Å². The van der Waals surface area contributed by atoms with Crippen LogP contribution in [-0.2, 0) is 14.8 Å². The summed E-state index contributed by atoms with van der Waals surface area (Å²) in [5.41, 5.74) is 2.81. The lowest BCUT2D eigenvalue weighted by Crippen LogP contribution is -2.44. The molecule has 172 valence electrons. The summed E-state index contributed by atoms with van der Waals surface area (Å²) in [6.07, 6.45) is 9.23. The van der Waals surface area contributed by atoms with Gasteiger partial charge in [0, 0.05) is 43.1 Å². The summed E-state index contributed by atoms with van der Waals surface area (Å²) in [6.45, 7) is 3.03. The van der Waals surface area contributed by atoms with Gasteiger partial charge in [-0.05, 0) is 57.4 Å². The van der Waals surface area contributed by atoms with Gasteiger partial charge in [0.1, 0.15) is 11.5 Å². The number of aromatic amines is 1. The van der Waals surface area contributed by atoms with E-state index < -0.39 is 10.0 Å². The molecule has 2 aliphatic rings. The Balaban J connectivity index is 1.32. The number of nitrogens with one attached hydrogen (secondary N) is 1. The summed E-state index contributed by atoms with van der Waals surface area (Å²) in [5.74, 6) is 1.51. The molecule has 1 aliphatic carbocycles. The summed E-state index contributed by atoms with van der Waals surface area (Å²) in [7, 11) is -1.59. The van der Waals surface area contributed by atoms with Gasteiger partial charge in [-0.2, -0.15) is 4.31 Å². The number of hydrogen-bond donors (Lipinski definition) is 1. The molecule has 1 saturated heterocycles. The zero-order chi connectivity index (χ0) is 22.3. The van der Waals surface area contributed by atoms with Crippen LogP contribution in [0.3, 0.4) is 0 Å². The Morgan fingerprint density at radius 3 is 2.78 bits per heavy atom. The first kappa shape index (κ1) is 21.7. The number of hydrogen-bond acceptors (Lipinski definition) is 6. The van der Waals surface area contributed by atoms with Gasteiger partial charge < -0.3 is 9.72 Å². The van der Waals surface area contributed by atoms with E-state index in [0.29, 0.717) is 19.0 Å². The van der Waals surface area contributed by atoms with E-state index in [-0.39, 0.29) is 17.8 Å². The van der Waals surface area contributed by atoms with Gasteiger partial charge in [0.05, 0.1) is 29.3 Å². The molecule has 1 unspecified atom stereocenters. The highest BCUT2D eigenvalue weighted by Crippen LogP contribution is 2.39. The van der Waals surface area contributed by atoms with Gasteiger partial charge in [0.2, 0.25) is 10.0 Å². The van der Waals surface area contributed by atoms with Crippen LogP contribution in [0.5, 0.6) is 0 Å². The molecule has 0 amide bonds.